The van der Waals surface area contributed by atoms with Gasteiger partial charge < -0.3 is 20.1 Å². The molecule has 0 saturated carbocycles. The van der Waals surface area contributed by atoms with Gasteiger partial charge in [-0.2, -0.15) is 0 Å². The zero-order valence-electron chi connectivity index (χ0n) is 15.3. The van der Waals surface area contributed by atoms with E-state index in [2.05, 4.69) is 10.6 Å². The predicted octanol–water partition coefficient (Wildman–Crippen LogP) is 2.79. The molecular weight excluding hydrogens is 375 g/mol. The lowest BCUT2D eigenvalue weighted by Gasteiger charge is -2.39. The smallest absolute Gasteiger partial charge is 0.223 e. The third kappa shape index (κ3) is 4.45. The molecule has 0 aromatic heterocycles. The normalized spacial score (nSPS) is 20.4. The molecule has 2 fully saturated rings. The summed E-state index contributed by atoms with van der Waals surface area (Å²) in [7, 11) is 1.67. The van der Waals surface area contributed by atoms with Crippen LogP contribution < -0.4 is 15.4 Å². The van der Waals surface area contributed by atoms with Crippen LogP contribution in [0, 0.1) is 11.8 Å². The summed E-state index contributed by atoms with van der Waals surface area (Å²) in [4.78, 5) is 12.6. The Labute approximate surface area is 166 Å². The fraction of sp³-hybridized carbons (Fsp3) is 0.632. The van der Waals surface area contributed by atoms with E-state index in [1.54, 1.807) is 7.11 Å². The first-order valence-corrected chi connectivity index (χ1v) is 9.34. The van der Waals surface area contributed by atoms with Gasteiger partial charge in [0.1, 0.15) is 5.75 Å². The van der Waals surface area contributed by atoms with Crippen LogP contribution in [0.3, 0.4) is 0 Å². The van der Waals surface area contributed by atoms with Crippen molar-refractivity contribution in [2.75, 3.05) is 40.0 Å². The first-order chi connectivity index (χ1) is 12.1. The lowest BCUT2D eigenvalue weighted by molar-refractivity contribution is -0.127. The number of methoxy groups -OCH3 is 1. The summed E-state index contributed by atoms with van der Waals surface area (Å²) in [5.41, 5.74) is 0.853. The second-order valence-electron chi connectivity index (χ2n) is 7.16. The van der Waals surface area contributed by atoms with Crippen molar-refractivity contribution < 1.29 is 14.3 Å². The average molecular weight is 403 g/mol. The summed E-state index contributed by atoms with van der Waals surface area (Å²) in [5, 5.41) is 7.10. The molecule has 5 nitrogen and oxygen atoms in total. The minimum absolute atomic E-state index is 0. The van der Waals surface area contributed by atoms with Gasteiger partial charge in [-0.25, -0.2) is 0 Å². The molecule has 2 aliphatic heterocycles. The Hall–Kier alpha value is -1.01. The van der Waals surface area contributed by atoms with Crippen LogP contribution in [-0.2, 0) is 14.9 Å². The van der Waals surface area contributed by atoms with Crippen molar-refractivity contribution in [1.82, 2.24) is 10.6 Å². The Kier molecular flexibility index (Phi) is 7.59. The highest BCUT2D eigenvalue weighted by Gasteiger charge is 2.38. The summed E-state index contributed by atoms with van der Waals surface area (Å²) in [6.45, 7) is 5.79. The van der Waals surface area contributed by atoms with Crippen LogP contribution in [0.25, 0.3) is 0 Å². The summed E-state index contributed by atoms with van der Waals surface area (Å²) >= 11 is 6.26. The number of halogens is 2. The van der Waals surface area contributed by atoms with E-state index in [0.717, 1.165) is 37.2 Å². The van der Waals surface area contributed by atoms with Gasteiger partial charge in [-0.15, -0.1) is 12.4 Å². The third-order valence-corrected chi connectivity index (χ3v) is 5.95. The summed E-state index contributed by atoms with van der Waals surface area (Å²) in [6.07, 6.45) is 1.67. The van der Waals surface area contributed by atoms with E-state index in [1.165, 1.54) is 0 Å². The molecular formula is C19H28Cl2N2O3. The van der Waals surface area contributed by atoms with Gasteiger partial charge in [-0.1, -0.05) is 18.5 Å². The molecule has 0 spiro atoms. The van der Waals surface area contributed by atoms with Gasteiger partial charge in [-0.05, 0) is 50.0 Å². The molecule has 3 rings (SSSR count). The zero-order valence-corrected chi connectivity index (χ0v) is 16.9. The molecule has 1 atom stereocenters. The van der Waals surface area contributed by atoms with E-state index < -0.39 is 0 Å². The maximum absolute atomic E-state index is 12.6. The van der Waals surface area contributed by atoms with Crippen LogP contribution >= 0.6 is 24.0 Å². The van der Waals surface area contributed by atoms with Crippen molar-refractivity contribution >= 4 is 29.9 Å². The fourth-order valence-corrected chi connectivity index (χ4v) is 3.87. The molecule has 0 aliphatic carbocycles. The zero-order chi connectivity index (χ0) is 17.9. The maximum Gasteiger partial charge on any atom is 0.223 e. The van der Waals surface area contributed by atoms with Gasteiger partial charge >= 0.3 is 0 Å². The van der Waals surface area contributed by atoms with Crippen LogP contribution in [-0.4, -0.2) is 45.9 Å². The Morgan fingerprint density at radius 2 is 2.12 bits per heavy atom. The Morgan fingerprint density at radius 1 is 1.42 bits per heavy atom. The molecule has 2 heterocycles. The average Bonchev–Trinajstić information content (AvgIpc) is 2.59. The second-order valence-corrected chi connectivity index (χ2v) is 7.60. The minimum atomic E-state index is -0.207. The summed E-state index contributed by atoms with van der Waals surface area (Å²) < 4.78 is 11.2. The van der Waals surface area contributed by atoms with Crippen molar-refractivity contribution in [3.8, 4) is 5.75 Å². The number of carbonyl (C=O) groups is 1. The van der Waals surface area contributed by atoms with Gasteiger partial charge in [0.05, 0.1) is 7.11 Å². The summed E-state index contributed by atoms with van der Waals surface area (Å²) in [6, 6.07) is 5.71. The predicted molar refractivity (Wildman–Crippen MR) is 106 cm³/mol. The van der Waals surface area contributed by atoms with E-state index in [0.29, 0.717) is 30.7 Å². The van der Waals surface area contributed by atoms with Gasteiger partial charge in [0.25, 0.3) is 0 Å². The molecule has 7 heteroatoms. The number of carbonyl (C=O) groups excluding carboxylic acids is 1. The molecule has 2 saturated heterocycles. The maximum atomic E-state index is 12.6. The van der Waals surface area contributed by atoms with E-state index >= 15 is 0 Å². The van der Waals surface area contributed by atoms with E-state index in [9.17, 15) is 4.79 Å². The van der Waals surface area contributed by atoms with Crippen molar-refractivity contribution in [3.05, 3.63) is 28.8 Å². The molecule has 2 N–H and O–H groups in total. The first-order valence-electron chi connectivity index (χ1n) is 8.96. The van der Waals surface area contributed by atoms with Crippen LogP contribution in [0.2, 0.25) is 5.02 Å². The Balaban J connectivity index is 0.00000243. The van der Waals surface area contributed by atoms with E-state index in [-0.39, 0.29) is 29.6 Å². The number of hydrogen-bond acceptors (Lipinski definition) is 4. The van der Waals surface area contributed by atoms with E-state index in [4.69, 9.17) is 21.1 Å². The highest BCUT2D eigenvalue weighted by Crippen LogP contribution is 2.40. The Bertz CT molecular complexity index is 617. The first kappa shape index (κ1) is 21.3. The fourth-order valence-electron chi connectivity index (χ4n) is 3.69. The number of nitrogens with one attached hydrogen (secondary N) is 2. The largest absolute Gasteiger partial charge is 0.496 e. The molecule has 1 unspecified atom stereocenters. The van der Waals surface area contributed by atoms with Gasteiger partial charge in [0.2, 0.25) is 5.91 Å². The highest BCUT2D eigenvalue weighted by molar-refractivity contribution is 6.30. The Morgan fingerprint density at radius 3 is 2.69 bits per heavy atom. The topological polar surface area (TPSA) is 59.6 Å². The lowest BCUT2D eigenvalue weighted by atomic mass is 9.73. The molecule has 2 aliphatic rings. The summed E-state index contributed by atoms with van der Waals surface area (Å²) in [5.74, 6) is 1.40. The molecule has 146 valence electrons. The number of amides is 1. The molecule has 0 radical (unpaired) electrons. The van der Waals surface area contributed by atoms with Crippen LogP contribution in [0.4, 0.5) is 0 Å². The van der Waals surface area contributed by atoms with E-state index in [1.807, 2.05) is 25.1 Å². The minimum Gasteiger partial charge on any atom is -0.496 e. The van der Waals surface area contributed by atoms with Crippen molar-refractivity contribution in [1.29, 1.82) is 0 Å². The number of hydrogen-bond donors (Lipinski definition) is 2. The lowest BCUT2D eigenvalue weighted by Crippen LogP contribution is -2.52. The number of ether oxygens (including phenoxy) is 2. The number of benzene rings is 1. The quantitative estimate of drug-likeness (QED) is 0.767. The highest BCUT2D eigenvalue weighted by atomic mass is 35.5. The monoisotopic (exact) mass is 402 g/mol. The van der Waals surface area contributed by atoms with Crippen molar-refractivity contribution in [3.63, 3.8) is 0 Å². The van der Waals surface area contributed by atoms with Crippen LogP contribution in [0.5, 0.6) is 5.75 Å². The molecule has 1 amide bonds. The molecule has 26 heavy (non-hydrogen) atoms. The van der Waals surface area contributed by atoms with Gasteiger partial charge in [-0.3, -0.25) is 4.79 Å². The molecule has 1 aromatic carbocycles. The van der Waals surface area contributed by atoms with Crippen LogP contribution in [0.1, 0.15) is 25.3 Å². The van der Waals surface area contributed by atoms with Gasteiger partial charge in [0.15, 0.2) is 0 Å². The SMILES string of the molecule is COc1ccc(Cl)cc1C1(CNC(=O)C(C)C2CNC2)CCOCC1.Cl. The molecule has 0 bridgehead atoms. The van der Waals surface area contributed by atoms with Crippen LogP contribution in [0.15, 0.2) is 18.2 Å². The molecule has 1 aromatic rings. The second kappa shape index (κ2) is 9.27. The standard InChI is InChI=1S/C19H27ClN2O3.ClH/c1-13(14-10-21-11-14)18(23)22-12-19(5-7-25-8-6-19)16-9-15(20)3-4-17(16)24-2;/h3-4,9,13-14,21H,5-8,10-12H2,1-2H3,(H,22,23);1H. The van der Waals surface area contributed by atoms with Crippen molar-refractivity contribution in [2.45, 2.75) is 25.2 Å². The third-order valence-electron chi connectivity index (χ3n) is 5.72. The van der Waals surface area contributed by atoms with Gasteiger partial charge in [0, 0.05) is 41.7 Å². The van der Waals surface area contributed by atoms with Crippen molar-refractivity contribution in [2.24, 2.45) is 11.8 Å². The number of rotatable bonds is 6.